The van der Waals surface area contributed by atoms with Crippen molar-refractivity contribution >= 4 is 46.2 Å². The first-order valence-corrected chi connectivity index (χ1v) is 7.20. The van der Waals surface area contributed by atoms with E-state index < -0.39 is 12.0 Å². The summed E-state index contributed by atoms with van der Waals surface area (Å²) in [4.78, 5) is 24.6. The molecule has 4 nitrogen and oxygen atoms in total. The van der Waals surface area contributed by atoms with Crippen molar-refractivity contribution in [3.63, 3.8) is 0 Å². The van der Waals surface area contributed by atoms with Gasteiger partial charge in [-0.15, -0.1) is 11.8 Å². The molecule has 17 heavy (non-hydrogen) atoms. The van der Waals surface area contributed by atoms with Gasteiger partial charge in [0.15, 0.2) is 0 Å². The summed E-state index contributed by atoms with van der Waals surface area (Å²) >= 11 is 3.60. The number of carboxylic acids is 1. The number of carboxylic acid groups (broad SMARTS) is 1. The summed E-state index contributed by atoms with van der Waals surface area (Å²) < 4.78 is 0.965. The van der Waals surface area contributed by atoms with Crippen molar-refractivity contribution in [2.45, 2.75) is 6.04 Å². The summed E-state index contributed by atoms with van der Waals surface area (Å²) in [5.74, 6) is -0.235. The fourth-order valence-corrected chi connectivity index (χ4v) is 3.32. The maximum absolute atomic E-state index is 12.2. The molecule has 1 heterocycles. The number of carbonyl (C=O) groups is 2. The predicted molar refractivity (Wildman–Crippen MR) is 74.1 cm³/mol. The molecule has 90 valence electrons. The van der Waals surface area contributed by atoms with Crippen LogP contribution in [0.3, 0.4) is 0 Å². The topological polar surface area (TPSA) is 57.6 Å². The predicted octanol–water partition coefficient (Wildman–Crippen LogP) is 1.89. The second kappa shape index (κ2) is 5.26. The molecule has 1 N–H and O–H groups in total. The number of benzene rings is 1. The van der Waals surface area contributed by atoms with E-state index in [0.717, 1.165) is 3.57 Å². The van der Waals surface area contributed by atoms with Gasteiger partial charge in [-0.05, 0) is 40.8 Å². The van der Waals surface area contributed by atoms with E-state index >= 15 is 0 Å². The largest absolute Gasteiger partial charge is 0.480 e. The molecule has 1 aromatic rings. The lowest BCUT2D eigenvalue weighted by Gasteiger charge is -2.20. The van der Waals surface area contributed by atoms with Gasteiger partial charge in [-0.1, -0.05) is 6.07 Å². The number of carbonyl (C=O) groups excluding carboxylic acids is 1. The summed E-state index contributed by atoms with van der Waals surface area (Å²) in [5, 5.41) is 9.03. The molecule has 0 saturated carbocycles. The van der Waals surface area contributed by atoms with Crippen LogP contribution in [-0.2, 0) is 4.79 Å². The minimum atomic E-state index is -0.936. The third-order valence-corrected chi connectivity index (χ3v) is 4.18. The van der Waals surface area contributed by atoms with Crippen molar-refractivity contribution in [3.8, 4) is 0 Å². The Balaban J connectivity index is 2.23. The number of amides is 1. The maximum atomic E-state index is 12.2. The molecule has 1 aliphatic heterocycles. The Hall–Kier alpha value is -0.760. The Bertz CT molecular complexity index is 466. The van der Waals surface area contributed by atoms with Crippen molar-refractivity contribution in [1.29, 1.82) is 0 Å². The third-order valence-electron chi connectivity index (χ3n) is 2.50. The Morgan fingerprint density at radius 3 is 2.88 bits per heavy atom. The molecule has 0 aliphatic carbocycles. The molecular formula is C11H10INO3S. The zero-order chi connectivity index (χ0) is 12.4. The van der Waals surface area contributed by atoms with E-state index in [1.807, 2.05) is 6.07 Å². The van der Waals surface area contributed by atoms with Gasteiger partial charge in [0.25, 0.3) is 5.91 Å². The van der Waals surface area contributed by atoms with Gasteiger partial charge in [-0.3, -0.25) is 4.79 Å². The standard InChI is InChI=1S/C11H10INO3S/c12-8-3-1-2-7(4-8)10(14)13-6-17-5-9(13)11(15)16/h1-4,9H,5-6H2,(H,15,16). The first-order valence-electron chi connectivity index (χ1n) is 4.96. The molecule has 1 amide bonds. The highest BCUT2D eigenvalue weighted by molar-refractivity contribution is 14.1. The van der Waals surface area contributed by atoms with E-state index in [9.17, 15) is 9.59 Å². The molecule has 0 aromatic heterocycles. The molecule has 6 heteroatoms. The average molecular weight is 363 g/mol. The first kappa shape index (κ1) is 12.7. The van der Waals surface area contributed by atoms with Gasteiger partial charge in [-0.2, -0.15) is 0 Å². The Morgan fingerprint density at radius 2 is 2.24 bits per heavy atom. The molecule has 1 aliphatic rings. The van der Waals surface area contributed by atoms with E-state index in [-0.39, 0.29) is 5.91 Å². The Morgan fingerprint density at radius 1 is 1.47 bits per heavy atom. The van der Waals surface area contributed by atoms with Crippen LogP contribution in [0.5, 0.6) is 0 Å². The highest BCUT2D eigenvalue weighted by Gasteiger charge is 2.34. The molecule has 1 atom stereocenters. The van der Waals surface area contributed by atoms with Crippen LogP contribution in [-0.4, -0.2) is 39.6 Å². The Labute approximate surface area is 117 Å². The van der Waals surface area contributed by atoms with Gasteiger partial charge in [0.05, 0.1) is 5.88 Å². The van der Waals surface area contributed by atoms with Gasteiger partial charge in [-0.25, -0.2) is 4.79 Å². The number of thioether (sulfide) groups is 1. The zero-order valence-electron chi connectivity index (χ0n) is 8.80. The lowest BCUT2D eigenvalue weighted by atomic mass is 10.2. The van der Waals surface area contributed by atoms with E-state index in [2.05, 4.69) is 22.6 Å². The molecule has 1 aromatic carbocycles. The lowest BCUT2D eigenvalue weighted by molar-refractivity contribution is -0.140. The maximum Gasteiger partial charge on any atom is 0.327 e. The van der Waals surface area contributed by atoms with Gasteiger partial charge >= 0.3 is 5.97 Å². The summed E-state index contributed by atoms with van der Waals surface area (Å²) in [6.07, 6.45) is 0. The van der Waals surface area contributed by atoms with Crippen LogP contribution in [0.2, 0.25) is 0 Å². The number of rotatable bonds is 2. The zero-order valence-corrected chi connectivity index (χ0v) is 11.8. The van der Waals surface area contributed by atoms with Crippen LogP contribution in [0.4, 0.5) is 0 Å². The van der Waals surface area contributed by atoms with Crippen molar-refractivity contribution < 1.29 is 14.7 Å². The molecule has 1 saturated heterocycles. The summed E-state index contributed by atoms with van der Waals surface area (Å²) in [6.45, 7) is 0. The van der Waals surface area contributed by atoms with E-state index in [0.29, 0.717) is 17.2 Å². The van der Waals surface area contributed by atoms with Crippen LogP contribution in [0.25, 0.3) is 0 Å². The quantitative estimate of drug-likeness (QED) is 0.816. The van der Waals surface area contributed by atoms with Crippen LogP contribution in [0.1, 0.15) is 10.4 Å². The van der Waals surface area contributed by atoms with E-state index in [1.54, 1.807) is 18.2 Å². The molecule has 0 bridgehead atoms. The number of hydrogen-bond donors (Lipinski definition) is 1. The van der Waals surface area contributed by atoms with Crippen LogP contribution in [0, 0.1) is 3.57 Å². The number of nitrogens with zero attached hydrogens (tertiary/aromatic N) is 1. The van der Waals surface area contributed by atoms with Crippen LogP contribution >= 0.6 is 34.4 Å². The second-order valence-corrected chi connectivity index (χ2v) is 5.88. The molecule has 2 rings (SSSR count). The SMILES string of the molecule is O=C(O)C1CSCN1C(=O)c1cccc(I)c1. The third kappa shape index (κ3) is 2.74. The highest BCUT2D eigenvalue weighted by Crippen LogP contribution is 2.23. The average Bonchev–Trinajstić information content (AvgIpc) is 2.77. The number of hydrogen-bond acceptors (Lipinski definition) is 3. The minimum Gasteiger partial charge on any atom is -0.480 e. The molecule has 1 unspecified atom stereocenters. The smallest absolute Gasteiger partial charge is 0.327 e. The van der Waals surface area contributed by atoms with E-state index in [1.165, 1.54) is 16.7 Å². The Kier molecular flexibility index (Phi) is 3.93. The van der Waals surface area contributed by atoms with Gasteiger partial charge in [0, 0.05) is 14.9 Å². The number of aliphatic carboxylic acids is 1. The van der Waals surface area contributed by atoms with E-state index in [4.69, 9.17) is 5.11 Å². The van der Waals surface area contributed by atoms with Crippen LogP contribution in [0.15, 0.2) is 24.3 Å². The summed E-state index contributed by atoms with van der Waals surface area (Å²) in [6, 6.07) is 6.47. The normalized spacial score (nSPS) is 19.4. The molecule has 0 radical (unpaired) electrons. The highest BCUT2D eigenvalue weighted by atomic mass is 127. The molecular weight excluding hydrogens is 353 g/mol. The second-order valence-electron chi connectivity index (χ2n) is 3.64. The molecule has 1 fully saturated rings. The fraction of sp³-hybridized carbons (Fsp3) is 0.273. The molecule has 0 spiro atoms. The summed E-state index contributed by atoms with van der Waals surface area (Å²) in [7, 11) is 0. The van der Waals surface area contributed by atoms with Crippen molar-refractivity contribution in [2.75, 3.05) is 11.6 Å². The summed E-state index contributed by atoms with van der Waals surface area (Å²) in [5.41, 5.74) is 0.547. The van der Waals surface area contributed by atoms with Crippen LogP contribution < -0.4 is 0 Å². The van der Waals surface area contributed by atoms with Crippen molar-refractivity contribution in [3.05, 3.63) is 33.4 Å². The minimum absolute atomic E-state index is 0.207. The van der Waals surface area contributed by atoms with Crippen molar-refractivity contribution in [1.82, 2.24) is 4.90 Å². The number of halogens is 1. The fourth-order valence-electron chi connectivity index (χ4n) is 1.63. The lowest BCUT2D eigenvalue weighted by Crippen LogP contribution is -2.41. The monoisotopic (exact) mass is 363 g/mol. The van der Waals surface area contributed by atoms with Gasteiger partial charge < -0.3 is 10.0 Å². The van der Waals surface area contributed by atoms with Crippen molar-refractivity contribution in [2.24, 2.45) is 0 Å². The van der Waals surface area contributed by atoms with Gasteiger partial charge in [0.2, 0.25) is 0 Å². The first-order chi connectivity index (χ1) is 8.09. The van der Waals surface area contributed by atoms with Gasteiger partial charge in [0.1, 0.15) is 6.04 Å².